The zero-order valence-electron chi connectivity index (χ0n) is 28.9. The van der Waals surface area contributed by atoms with Crippen LogP contribution in [0.25, 0.3) is 6.08 Å². The number of amides is 5. The second kappa shape index (κ2) is 13.5. The number of nitrogens with one attached hydrogen (secondary N) is 3. The van der Waals surface area contributed by atoms with E-state index in [0.29, 0.717) is 32.4 Å². The summed E-state index contributed by atoms with van der Waals surface area (Å²) in [5.41, 5.74) is 0.749. The number of nitrogens with zero attached hydrogens (tertiary/aromatic N) is 2. The van der Waals surface area contributed by atoms with Crippen LogP contribution in [-0.4, -0.2) is 83.5 Å². The number of sulfonamides is 1. The standard InChI is InChI=1S/C36H47N5O8S/c1-5-24-18-36(24,33(45)39-50(47,48)26-15-16-26)38-31(43)28-17-25-20-41(28)32(44)30(35(2,3)4)37-29(42)14-9-7-6-8-11-22-12-10-13-23-19-40(21-27(22)23)34(46)49-25/h5,8,10-13,24-26,28,30H,1,6-7,9,14-21H2,2-4H3,(H,37,42)(H,38,43)(H,39,45)/b11-8+/t24-,25+,28-,30+,36+/m0/s1. The van der Waals surface area contributed by atoms with Gasteiger partial charge < -0.3 is 20.3 Å². The maximum absolute atomic E-state index is 14.4. The highest BCUT2D eigenvalue weighted by molar-refractivity contribution is 7.91. The van der Waals surface area contributed by atoms with Crippen molar-refractivity contribution in [1.29, 1.82) is 0 Å². The molecule has 6 rings (SSSR count). The molecule has 2 saturated carbocycles. The molecule has 0 aromatic heterocycles. The molecule has 1 aromatic carbocycles. The van der Waals surface area contributed by atoms with Gasteiger partial charge in [0.1, 0.15) is 23.7 Å². The van der Waals surface area contributed by atoms with Crippen LogP contribution in [0.5, 0.6) is 0 Å². The molecule has 3 N–H and O–H groups in total. The molecule has 5 aliphatic rings. The lowest BCUT2D eigenvalue weighted by atomic mass is 9.85. The Kier molecular flexibility index (Phi) is 9.61. The minimum absolute atomic E-state index is 0.0558. The van der Waals surface area contributed by atoms with Gasteiger partial charge in [-0.05, 0) is 60.6 Å². The number of hydrogen-bond donors (Lipinski definition) is 3. The van der Waals surface area contributed by atoms with Crippen LogP contribution in [-0.2, 0) is 47.0 Å². The Balaban J connectivity index is 1.27. The number of benzene rings is 1. The van der Waals surface area contributed by atoms with Crippen LogP contribution in [0.1, 0.15) is 88.8 Å². The predicted molar refractivity (Wildman–Crippen MR) is 184 cm³/mol. The zero-order valence-corrected chi connectivity index (χ0v) is 29.7. The highest BCUT2D eigenvalue weighted by Gasteiger charge is 2.62. The molecule has 0 spiro atoms. The third-order valence-electron chi connectivity index (χ3n) is 10.4. The Bertz CT molecular complexity index is 1730. The van der Waals surface area contributed by atoms with E-state index in [-0.39, 0.29) is 31.7 Å². The monoisotopic (exact) mass is 709 g/mol. The van der Waals surface area contributed by atoms with E-state index in [4.69, 9.17) is 4.74 Å². The van der Waals surface area contributed by atoms with Crippen LogP contribution in [0, 0.1) is 11.3 Å². The van der Waals surface area contributed by atoms with Crippen LogP contribution >= 0.6 is 0 Å². The first-order chi connectivity index (χ1) is 23.6. The number of carbonyl (C=O) groups excluding carboxylic acids is 5. The van der Waals surface area contributed by atoms with E-state index in [1.165, 1.54) is 11.0 Å². The zero-order chi connectivity index (χ0) is 36.0. The molecule has 5 amide bonds. The van der Waals surface area contributed by atoms with Crippen molar-refractivity contribution >= 4 is 45.8 Å². The van der Waals surface area contributed by atoms with Gasteiger partial charge in [0.15, 0.2) is 0 Å². The Hall–Kier alpha value is -4.20. The van der Waals surface area contributed by atoms with Crippen LogP contribution in [0.3, 0.4) is 0 Å². The van der Waals surface area contributed by atoms with Gasteiger partial charge >= 0.3 is 6.09 Å². The molecule has 1 aromatic rings. The van der Waals surface area contributed by atoms with Crippen molar-refractivity contribution in [3.63, 3.8) is 0 Å². The van der Waals surface area contributed by atoms with E-state index in [9.17, 15) is 32.4 Å². The smallest absolute Gasteiger partial charge is 0.410 e. The quantitative estimate of drug-likeness (QED) is 0.379. The lowest BCUT2D eigenvalue weighted by Gasteiger charge is -2.35. The average molecular weight is 710 g/mol. The van der Waals surface area contributed by atoms with Gasteiger partial charge in [-0.3, -0.25) is 28.8 Å². The van der Waals surface area contributed by atoms with Gasteiger partial charge in [0.25, 0.3) is 5.91 Å². The molecule has 50 heavy (non-hydrogen) atoms. The van der Waals surface area contributed by atoms with Crippen molar-refractivity contribution in [3.8, 4) is 0 Å². The first-order valence-electron chi connectivity index (χ1n) is 17.5. The fourth-order valence-corrected chi connectivity index (χ4v) is 8.51. The van der Waals surface area contributed by atoms with Gasteiger partial charge in [0, 0.05) is 25.3 Å². The van der Waals surface area contributed by atoms with Gasteiger partial charge in [-0.2, -0.15) is 0 Å². The first-order valence-corrected chi connectivity index (χ1v) is 19.0. The first kappa shape index (κ1) is 35.6. The summed E-state index contributed by atoms with van der Waals surface area (Å²) in [4.78, 5) is 71.5. The van der Waals surface area contributed by atoms with Gasteiger partial charge in [-0.25, -0.2) is 13.2 Å². The molecule has 14 heteroatoms. The average Bonchev–Trinajstić information content (AvgIpc) is 3.94. The molecule has 5 atom stereocenters. The van der Waals surface area contributed by atoms with Crippen molar-refractivity contribution < 1.29 is 37.1 Å². The van der Waals surface area contributed by atoms with Crippen molar-refractivity contribution in [2.75, 3.05) is 6.54 Å². The van der Waals surface area contributed by atoms with E-state index < -0.39 is 74.1 Å². The molecule has 13 nitrogen and oxygen atoms in total. The van der Waals surface area contributed by atoms with Gasteiger partial charge in [-0.15, -0.1) is 6.58 Å². The van der Waals surface area contributed by atoms with E-state index in [1.807, 2.05) is 45.0 Å². The number of fused-ring (bicyclic) bond motifs is 3. The Morgan fingerprint density at radius 2 is 1.88 bits per heavy atom. The fourth-order valence-electron chi connectivity index (χ4n) is 7.15. The van der Waals surface area contributed by atoms with Crippen molar-refractivity contribution in [2.24, 2.45) is 11.3 Å². The molecule has 3 aliphatic heterocycles. The van der Waals surface area contributed by atoms with Crippen molar-refractivity contribution in [3.05, 3.63) is 53.6 Å². The maximum Gasteiger partial charge on any atom is 0.410 e. The number of ether oxygens (including phenoxy) is 1. The molecule has 4 bridgehead atoms. The molecule has 0 radical (unpaired) electrons. The number of carbonyl (C=O) groups is 5. The lowest BCUT2D eigenvalue weighted by Crippen LogP contribution is -2.60. The van der Waals surface area contributed by atoms with E-state index in [0.717, 1.165) is 29.5 Å². The summed E-state index contributed by atoms with van der Waals surface area (Å²) in [7, 11) is -3.89. The topological polar surface area (TPSA) is 171 Å². The number of hydrogen-bond acceptors (Lipinski definition) is 8. The normalized spacial score (nSPS) is 29.5. The summed E-state index contributed by atoms with van der Waals surface area (Å²) in [6, 6.07) is 3.75. The highest BCUT2D eigenvalue weighted by Crippen LogP contribution is 2.45. The fraction of sp³-hybridized carbons (Fsp3) is 0.583. The Labute approximate surface area is 293 Å². The molecular weight excluding hydrogens is 662 g/mol. The van der Waals surface area contributed by atoms with Crippen molar-refractivity contribution in [1.82, 2.24) is 25.2 Å². The largest absolute Gasteiger partial charge is 0.444 e. The molecule has 1 saturated heterocycles. The SMILES string of the molecule is C=C[C@H]1C[C@]1(NC(=O)[C@@H]1C[C@@H]2CN1C(=O)[C@H](C(C)(C)C)NC(=O)CCCC/C=C/c1cccc3c1CN(C3)C(=O)O2)C(=O)NS(=O)(=O)C1CC1. The summed E-state index contributed by atoms with van der Waals surface area (Å²) < 4.78 is 33.4. The molecule has 3 heterocycles. The molecule has 3 fully saturated rings. The molecule has 2 aliphatic carbocycles. The van der Waals surface area contributed by atoms with Crippen LogP contribution in [0.15, 0.2) is 36.9 Å². The minimum atomic E-state index is -3.89. The van der Waals surface area contributed by atoms with Gasteiger partial charge in [0.2, 0.25) is 27.7 Å². The number of rotatable bonds is 6. The summed E-state index contributed by atoms with van der Waals surface area (Å²) in [5, 5.41) is 5.01. The van der Waals surface area contributed by atoms with Crippen LogP contribution in [0.2, 0.25) is 0 Å². The Morgan fingerprint density at radius 1 is 1.12 bits per heavy atom. The van der Waals surface area contributed by atoms with E-state index in [1.54, 1.807) is 4.90 Å². The van der Waals surface area contributed by atoms with Crippen LogP contribution in [0.4, 0.5) is 4.79 Å². The molecule has 270 valence electrons. The van der Waals surface area contributed by atoms with Crippen molar-refractivity contribution in [2.45, 2.75) is 114 Å². The lowest BCUT2D eigenvalue weighted by molar-refractivity contribution is -0.144. The minimum Gasteiger partial charge on any atom is -0.444 e. The summed E-state index contributed by atoms with van der Waals surface area (Å²) >= 11 is 0. The van der Waals surface area contributed by atoms with E-state index >= 15 is 0 Å². The second-order valence-corrected chi connectivity index (χ2v) is 17.2. The molecule has 0 unspecified atom stereocenters. The Morgan fingerprint density at radius 3 is 2.56 bits per heavy atom. The van der Waals surface area contributed by atoms with Crippen LogP contribution < -0.4 is 15.4 Å². The summed E-state index contributed by atoms with van der Waals surface area (Å²) in [6.07, 6.45) is 7.52. The third-order valence-corrected chi connectivity index (χ3v) is 12.2. The van der Waals surface area contributed by atoms with E-state index in [2.05, 4.69) is 28.0 Å². The second-order valence-electron chi connectivity index (χ2n) is 15.3. The maximum atomic E-state index is 14.4. The van der Waals surface area contributed by atoms with Gasteiger partial charge in [0.05, 0.1) is 18.3 Å². The summed E-state index contributed by atoms with van der Waals surface area (Å²) in [5.74, 6) is -2.87. The third kappa shape index (κ3) is 7.31. The number of allylic oxidation sites excluding steroid dienone is 1. The molecular formula is C36H47N5O8S. The predicted octanol–water partition coefficient (Wildman–Crippen LogP) is 2.90. The highest BCUT2D eigenvalue weighted by atomic mass is 32.2. The van der Waals surface area contributed by atoms with Gasteiger partial charge in [-0.1, -0.05) is 57.2 Å². The summed E-state index contributed by atoms with van der Waals surface area (Å²) in [6.45, 7) is 9.80.